The molecule has 3 aliphatic carbocycles. The van der Waals surface area contributed by atoms with Gasteiger partial charge in [-0.2, -0.15) is 0 Å². The third-order valence-corrected chi connectivity index (χ3v) is 5.62. The normalized spacial score (nSPS) is 61.5. The fraction of sp³-hybridized carbons (Fsp3) is 0.833. The fourth-order valence-corrected chi connectivity index (χ4v) is 5.14. The highest BCUT2D eigenvalue weighted by Gasteiger charge is 2.69. The zero-order valence-corrected chi connectivity index (χ0v) is 8.05. The van der Waals surface area contributed by atoms with E-state index in [4.69, 9.17) is 0 Å². The van der Waals surface area contributed by atoms with Gasteiger partial charge in [0.1, 0.15) is 0 Å². The first-order valence-corrected chi connectivity index (χ1v) is 5.77. The van der Waals surface area contributed by atoms with Gasteiger partial charge in [-0.05, 0) is 41.9 Å². The van der Waals surface area contributed by atoms with Gasteiger partial charge in [0.05, 0.1) is 0 Å². The van der Waals surface area contributed by atoms with Crippen molar-refractivity contribution in [3.63, 3.8) is 0 Å². The molecule has 1 aliphatic heterocycles. The second-order valence-corrected chi connectivity index (χ2v) is 5.60. The van der Waals surface area contributed by atoms with Crippen molar-refractivity contribution < 1.29 is 0 Å². The topological polar surface area (TPSA) is 12.0 Å². The van der Waals surface area contributed by atoms with E-state index in [1.807, 2.05) is 0 Å². The van der Waals surface area contributed by atoms with E-state index in [0.717, 1.165) is 11.8 Å². The van der Waals surface area contributed by atoms with Crippen molar-refractivity contribution >= 4 is 0 Å². The Balaban J connectivity index is 1.96. The van der Waals surface area contributed by atoms with Crippen LogP contribution in [0.4, 0.5) is 0 Å². The maximum Gasteiger partial charge on any atom is 0.00197 e. The molecule has 1 saturated heterocycles. The predicted octanol–water partition coefficient (Wildman–Crippen LogP) is 1.95. The lowest BCUT2D eigenvalue weighted by molar-refractivity contribution is 0.120. The molecule has 13 heavy (non-hydrogen) atoms. The van der Waals surface area contributed by atoms with Crippen LogP contribution in [0.1, 0.15) is 25.7 Å². The molecule has 0 aromatic heterocycles. The first kappa shape index (κ1) is 7.05. The summed E-state index contributed by atoms with van der Waals surface area (Å²) in [5.74, 6) is 1.88. The van der Waals surface area contributed by atoms with E-state index >= 15 is 0 Å². The summed E-state index contributed by atoms with van der Waals surface area (Å²) < 4.78 is 0. The van der Waals surface area contributed by atoms with Crippen molar-refractivity contribution in [1.29, 1.82) is 0 Å². The van der Waals surface area contributed by atoms with Gasteiger partial charge in [0, 0.05) is 13.1 Å². The summed E-state index contributed by atoms with van der Waals surface area (Å²) in [6.45, 7) is 2.64. The molecule has 4 aliphatic rings. The maximum atomic E-state index is 3.67. The Labute approximate surface area is 79.6 Å². The Bertz CT molecular complexity index is 255. The lowest BCUT2D eigenvalue weighted by Crippen LogP contribution is -2.39. The number of fused-ring (bicyclic) bond motifs is 2. The third-order valence-electron chi connectivity index (χ3n) is 5.62. The van der Waals surface area contributed by atoms with Crippen molar-refractivity contribution in [2.75, 3.05) is 13.1 Å². The van der Waals surface area contributed by atoms with Gasteiger partial charge in [0.2, 0.25) is 0 Å². The monoisotopic (exact) mass is 175 g/mol. The Hall–Kier alpha value is -0.300. The number of nitrogens with one attached hydrogen (secondary N) is 1. The zero-order chi connectivity index (χ0) is 8.52. The van der Waals surface area contributed by atoms with Gasteiger partial charge in [-0.1, -0.05) is 18.6 Å². The van der Waals surface area contributed by atoms with Crippen LogP contribution in [-0.2, 0) is 0 Å². The molecule has 0 amide bonds. The molecule has 1 heterocycles. The van der Waals surface area contributed by atoms with E-state index in [-0.39, 0.29) is 0 Å². The van der Waals surface area contributed by atoms with Crippen LogP contribution < -0.4 is 5.32 Å². The minimum absolute atomic E-state index is 0.715. The Morgan fingerprint density at radius 3 is 2.23 bits per heavy atom. The maximum absolute atomic E-state index is 3.67. The van der Waals surface area contributed by atoms with Crippen LogP contribution in [0.25, 0.3) is 0 Å². The van der Waals surface area contributed by atoms with Gasteiger partial charge < -0.3 is 5.32 Å². The minimum Gasteiger partial charge on any atom is -0.316 e. The van der Waals surface area contributed by atoms with Crippen LogP contribution in [0.5, 0.6) is 0 Å². The van der Waals surface area contributed by atoms with Crippen LogP contribution in [0.3, 0.4) is 0 Å². The minimum atomic E-state index is 0.715. The molecule has 1 heteroatoms. The van der Waals surface area contributed by atoms with Gasteiger partial charge in [-0.15, -0.1) is 0 Å². The predicted molar refractivity (Wildman–Crippen MR) is 52.3 cm³/mol. The van der Waals surface area contributed by atoms with Gasteiger partial charge in [0.25, 0.3) is 0 Å². The quantitative estimate of drug-likeness (QED) is 0.555. The van der Waals surface area contributed by atoms with Gasteiger partial charge in [-0.3, -0.25) is 0 Å². The van der Waals surface area contributed by atoms with Crippen molar-refractivity contribution in [2.45, 2.75) is 25.7 Å². The summed E-state index contributed by atoms with van der Waals surface area (Å²) in [7, 11) is 0. The average Bonchev–Trinajstić information content (AvgIpc) is 2.79. The van der Waals surface area contributed by atoms with Gasteiger partial charge in [-0.25, -0.2) is 0 Å². The molecular formula is C12H17N. The van der Waals surface area contributed by atoms with E-state index in [9.17, 15) is 0 Å². The molecule has 0 aromatic carbocycles. The highest BCUT2D eigenvalue weighted by molar-refractivity contribution is 5.29. The number of allylic oxidation sites excluding steroid dienone is 2. The largest absolute Gasteiger partial charge is 0.316 e. The van der Waals surface area contributed by atoms with Crippen LogP contribution in [-0.4, -0.2) is 13.1 Å². The molecule has 3 fully saturated rings. The van der Waals surface area contributed by atoms with Crippen molar-refractivity contribution in [2.24, 2.45) is 22.7 Å². The average molecular weight is 175 g/mol. The third kappa shape index (κ3) is 0.527. The van der Waals surface area contributed by atoms with Gasteiger partial charge in [0.15, 0.2) is 0 Å². The summed E-state index contributed by atoms with van der Waals surface area (Å²) in [5, 5.41) is 3.67. The van der Waals surface area contributed by atoms with E-state index in [1.54, 1.807) is 0 Å². The van der Waals surface area contributed by atoms with Crippen molar-refractivity contribution in [1.82, 2.24) is 5.32 Å². The van der Waals surface area contributed by atoms with Crippen LogP contribution in [0.15, 0.2) is 12.2 Å². The van der Waals surface area contributed by atoms with E-state index in [1.165, 1.54) is 38.8 Å². The zero-order valence-electron chi connectivity index (χ0n) is 8.05. The van der Waals surface area contributed by atoms with Crippen LogP contribution in [0, 0.1) is 22.7 Å². The Morgan fingerprint density at radius 1 is 1.00 bits per heavy atom. The van der Waals surface area contributed by atoms with Crippen LogP contribution >= 0.6 is 0 Å². The molecule has 0 aromatic rings. The molecule has 70 valence electrons. The Kier molecular flexibility index (Phi) is 1.02. The molecule has 4 rings (SSSR count). The Morgan fingerprint density at radius 2 is 1.62 bits per heavy atom. The molecule has 1 N–H and O–H groups in total. The van der Waals surface area contributed by atoms with E-state index < -0.39 is 0 Å². The molecule has 2 bridgehead atoms. The highest BCUT2D eigenvalue weighted by atomic mass is 15.0. The molecule has 0 spiro atoms. The summed E-state index contributed by atoms with van der Waals surface area (Å²) >= 11 is 0. The van der Waals surface area contributed by atoms with Gasteiger partial charge >= 0.3 is 0 Å². The first-order valence-electron chi connectivity index (χ1n) is 5.77. The second-order valence-electron chi connectivity index (χ2n) is 5.60. The van der Waals surface area contributed by atoms with Crippen molar-refractivity contribution in [3.05, 3.63) is 12.2 Å². The number of rotatable bonds is 0. The lowest BCUT2D eigenvalue weighted by atomic mass is 9.62. The molecule has 4 atom stereocenters. The number of hydrogen-bond donors (Lipinski definition) is 1. The summed E-state index contributed by atoms with van der Waals surface area (Å²) in [6.07, 6.45) is 11.1. The van der Waals surface area contributed by atoms with E-state index in [2.05, 4.69) is 17.5 Å². The first-order chi connectivity index (χ1) is 6.37. The highest BCUT2D eigenvalue weighted by Crippen LogP contribution is 2.72. The molecule has 0 radical (unpaired) electrons. The summed E-state index contributed by atoms with van der Waals surface area (Å²) in [4.78, 5) is 0. The molecule has 1 nitrogen and oxygen atoms in total. The van der Waals surface area contributed by atoms with Crippen LogP contribution in [0.2, 0.25) is 0 Å². The fourth-order valence-electron chi connectivity index (χ4n) is 5.14. The molecule has 4 unspecified atom stereocenters. The second kappa shape index (κ2) is 1.88. The van der Waals surface area contributed by atoms with Crippen molar-refractivity contribution in [3.8, 4) is 0 Å². The standard InChI is InChI=1S/C12H17N/c1-4-11-7-13-8-12(11,5-1)10-3-2-9(11)6-10/h2-3,9-10,13H,1,4-8H2. The molecule has 2 saturated carbocycles. The number of hydrogen-bond acceptors (Lipinski definition) is 1. The summed E-state index contributed by atoms with van der Waals surface area (Å²) in [5.41, 5.74) is 1.43. The smallest absolute Gasteiger partial charge is 0.00197 e. The SMILES string of the molecule is C1=CC2CC1C13CCCC21CNC3. The molecular weight excluding hydrogens is 158 g/mol. The summed E-state index contributed by atoms with van der Waals surface area (Å²) in [6, 6.07) is 0. The lowest BCUT2D eigenvalue weighted by Gasteiger charge is -2.41. The van der Waals surface area contributed by atoms with E-state index in [0.29, 0.717) is 10.8 Å².